The normalized spacial score (nSPS) is 32.3. The molecule has 1 aromatic rings. The molecule has 0 amide bonds. The van der Waals surface area contributed by atoms with E-state index in [0.717, 1.165) is 17.8 Å². The van der Waals surface area contributed by atoms with Crippen LogP contribution in [0.5, 0.6) is 0 Å². The molecule has 1 aromatic carbocycles. The second kappa shape index (κ2) is 4.11. The Bertz CT molecular complexity index is 417. The first kappa shape index (κ1) is 11.2. The van der Waals surface area contributed by atoms with Crippen molar-refractivity contribution in [1.82, 2.24) is 5.43 Å². The zero-order valence-corrected chi connectivity index (χ0v) is 10.7. The zero-order valence-electron chi connectivity index (χ0n) is 10.7. The zero-order chi connectivity index (χ0) is 12.0. The minimum Gasteiger partial charge on any atom is -0.271 e. The molecule has 0 bridgehead atoms. The summed E-state index contributed by atoms with van der Waals surface area (Å²) in [5.41, 5.74) is 7.14. The van der Waals surface area contributed by atoms with Gasteiger partial charge in [0.1, 0.15) is 0 Å². The summed E-state index contributed by atoms with van der Waals surface area (Å²) >= 11 is 0. The quantitative estimate of drug-likeness (QED) is 0.619. The maximum absolute atomic E-state index is 5.78. The van der Waals surface area contributed by atoms with Crippen LogP contribution in [0.15, 0.2) is 18.2 Å². The lowest BCUT2D eigenvalue weighted by Crippen LogP contribution is -2.33. The highest BCUT2D eigenvalue weighted by Gasteiger charge is 2.47. The van der Waals surface area contributed by atoms with Gasteiger partial charge in [-0.15, -0.1) is 0 Å². The minimum atomic E-state index is 0.349. The SMILES string of the molecule is Cc1ccc(C(NN)C2CC3CC3C2)cc1C. The van der Waals surface area contributed by atoms with Gasteiger partial charge in [-0.1, -0.05) is 18.2 Å². The van der Waals surface area contributed by atoms with Gasteiger partial charge in [0.25, 0.3) is 0 Å². The van der Waals surface area contributed by atoms with Crippen LogP contribution in [-0.2, 0) is 0 Å². The Hall–Kier alpha value is -0.860. The van der Waals surface area contributed by atoms with Gasteiger partial charge >= 0.3 is 0 Å². The summed E-state index contributed by atoms with van der Waals surface area (Å²) < 4.78 is 0. The average Bonchev–Trinajstić information content (AvgIpc) is 2.92. The van der Waals surface area contributed by atoms with E-state index in [1.807, 2.05) is 0 Å². The largest absolute Gasteiger partial charge is 0.271 e. The Balaban J connectivity index is 1.81. The number of hydrazine groups is 1. The van der Waals surface area contributed by atoms with Crippen LogP contribution in [-0.4, -0.2) is 0 Å². The monoisotopic (exact) mass is 230 g/mol. The maximum atomic E-state index is 5.78. The van der Waals surface area contributed by atoms with Gasteiger partial charge in [-0.25, -0.2) is 0 Å². The van der Waals surface area contributed by atoms with Crippen LogP contribution in [0.1, 0.15) is 42.0 Å². The first-order valence-corrected chi connectivity index (χ1v) is 6.72. The lowest BCUT2D eigenvalue weighted by atomic mass is 9.88. The van der Waals surface area contributed by atoms with E-state index in [1.54, 1.807) is 0 Å². The fraction of sp³-hybridized carbons (Fsp3) is 0.600. The van der Waals surface area contributed by atoms with Gasteiger partial charge in [-0.3, -0.25) is 11.3 Å². The van der Waals surface area contributed by atoms with Crippen LogP contribution >= 0.6 is 0 Å². The average molecular weight is 230 g/mol. The molecule has 0 aliphatic heterocycles. The molecule has 3 N–H and O–H groups in total. The van der Waals surface area contributed by atoms with Crippen LogP contribution in [0.4, 0.5) is 0 Å². The predicted molar refractivity (Wildman–Crippen MR) is 70.3 cm³/mol. The van der Waals surface area contributed by atoms with Crippen molar-refractivity contribution >= 4 is 0 Å². The van der Waals surface area contributed by atoms with Crippen LogP contribution < -0.4 is 11.3 Å². The third kappa shape index (κ3) is 2.00. The molecule has 3 atom stereocenters. The van der Waals surface area contributed by atoms with Crippen molar-refractivity contribution in [3.8, 4) is 0 Å². The van der Waals surface area contributed by atoms with Crippen molar-refractivity contribution < 1.29 is 0 Å². The van der Waals surface area contributed by atoms with Crippen molar-refractivity contribution in [2.45, 2.75) is 39.2 Å². The van der Waals surface area contributed by atoms with Crippen molar-refractivity contribution in [1.29, 1.82) is 0 Å². The second-order valence-corrected chi connectivity index (χ2v) is 5.98. The Morgan fingerprint density at radius 3 is 2.41 bits per heavy atom. The van der Waals surface area contributed by atoms with Crippen molar-refractivity contribution in [2.75, 3.05) is 0 Å². The van der Waals surface area contributed by atoms with E-state index in [1.165, 1.54) is 36.0 Å². The molecule has 2 aliphatic rings. The van der Waals surface area contributed by atoms with Gasteiger partial charge in [0.05, 0.1) is 0 Å². The Morgan fingerprint density at radius 1 is 1.12 bits per heavy atom. The number of nitrogens with two attached hydrogens (primary N) is 1. The summed E-state index contributed by atoms with van der Waals surface area (Å²) in [7, 11) is 0. The molecule has 92 valence electrons. The van der Waals surface area contributed by atoms with E-state index in [0.29, 0.717) is 6.04 Å². The number of fused-ring (bicyclic) bond motifs is 1. The number of hydrogen-bond donors (Lipinski definition) is 2. The number of nitrogens with one attached hydrogen (secondary N) is 1. The van der Waals surface area contributed by atoms with Crippen LogP contribution in [0.25, 0.3) is 0 Å². The van der Waals surface area contributed by atoms with E-state index in [9.17, 15) is 0 Å². The highest BCUT2D eigenvalue weighted by molar-refractivity contribution is 5.32. The Labute approximate surface area is 104 Å². The summed E-state index contributed by atoms with van der Waals surface area (Å²) in [4.78, 5) is 0. The lowest BCUT2D eigenvalue weighted by Gasteiger charge is -2.25. The van der Waals surface area contributed by atoms with E-state index >= 15 is 0 Å². The molecule has 0 radical (unpaired) electrons. The fourth-order valence-corrected chi connectivity index (χ4v) is 3.50. The lowest BCUT2D eigenvalue weighted by molar-refractivity contribution is 0.345. The number of rotatable bonds is 3. The summed E-state index contributed by atoms with van der Waals surface area (Å²) in [5.74, 6) is 8.56. The molecule has 2 saturated carbocycles. The molecule has 0 heterocycles. The number of benzene rings is 1. The molecule has 2 aliphatic carbocycles. The summed E-state index contributed by atoms with van der Waals surface area (Å²) in [5, 5.41) is 0. The van der Waals surface area contributed by atoms with Crippen LogP contribution in [0, 0.1) is 31.6 Å². The molecule has 2 fully saturated rings. The minimum absolute atomic E-state index is 0.349. The molecule has 17 heavy (non-hydrogen) atoms. The van der Waals surface area contributed by atoms with Gasteiger partial charge in [0.2, 0.25) is 0 Å². The van der Waals surface area contributed by atoms with Gasteiger partial charge in [0.15, 0.2) is 0 Å². The van der Waals surface area contributed by atoms with Crippen molar-refractivity contribution in [3.63, 3.8) is 0 Å². The van der Waals surface area contributed by atoms with Gasteiger partial charge < -0.3 is 0 Å². The fourth-order valence-electron chi connectivity index (χ4n) is 3.50. The number of hydrogen-bond acceptors (Lipinski definition) is 2. The second-order valence-electron chi connectivity index (χ2n) is 5.98. The highest BCUT2D eigenvalue weighted by Crippen LogP contribution is 2.57. The molecular formula is C15H22N2. The molecule has 3 rings (SSSR count). The smallest absolute Gasteiger partial charge is 0.0488 e. The maximum Gasteiger partial charge on any atom is 0.0488 e. The van der Waals surface area contributed by atoms with Crippen LogP contribution in [0.2, 0.25) is 0 Å². The number of aryl methyl sites for hydroxylation is 2. The predicted octanol–water partition coefficient (Wildman–Crippen LogP) is 2.85. The third-order valence-electron chi connectivity index (χ3n) is 4.82. The first-order chi connectivity index (χ1) is 8.19. The highest BCUT2D eigenvalue weighted by atomic mass is 15.2. The van der Waals surface area contributed by atoms with E-state index < -0.39 is 0 Å². The van der Waals surface area contributed by atoms with Gasteiger partial charge in [-0.2, -0.15) is 0 Å². The Morgan fingerprint density at radius 2 is 1.82 bits per heavy atom. The standard InChI is InChI=1S/C15H22N2/c1-9-3-4-11(5-10(9)2)15(17-16)14-7-12-6-13(12)8-14/h3-5,12-15,17H,6-8,16H2,1-2H3. The Kier molecular flexibility index (Phi) is 2.72. The molecule has 2 heteroatoms. The summed E-state index contributed by atoms with van der Waals surface area (Å²) in [6, 6.07) is 7.09. The molecule has 2 nitrogen and oxygen atoms in total. The van der Waals surface area contributed by atoms with E-state index in [-0.39, 0.29) is 0 Å². The third-order valence-corrected chi connectivity index (χ3v) is 4.82. The first-order valence-electron chi connectivity index (χ1n) is 6.72. The molecule has 0 saturated heterocycles. The molecule has 0 aromatic heterocycles. The van der Waals surface area contributed by atoms with Gasteiger partial charge in [0, 0.05) is 6.04 Å². The summed E-state index contributed by atoms with van der Waals surface area (Å²) in [6.07, 6.45) is 4.21. The van der Waals surface area contributed by atoms with Gasteiger partial charge in [-0.05, 0) is 67.6 Å². The summed E-state index contributed by atoms with van der Waals surface area (Å²) in [6.45, 7) is 4.34. The topological polar surface area (TPSA) is 38.0 Å². The van der Waals surface area contributed by atoms with Crippen molar-refractivity contribution in [2.24, 2.45) is 23.6 Å². The molecule has 0 spiro atoms. The van der Waals surface area contributed by atoms with Crippen molar-refractivity contribution in [3.05, 3.63) is 34.9 Å². The van der Waals surface area contributed by atoms with E-state index in [2.05, 4.69) is 37.5 Å². The van der Waals surface area contributed by atoms with Crippen LogP contribution in [0.3, 0.4) is 0 Å². The molecular weight excluding hydrogens is 208 g/mol. The van der Waals surface area contributed by atoms with E-state index in [4.69, 9.17) is 5.84 Å². The molecule has 3 unspecified atom stereocenters.